The Balaban J connectivity index is 0.000000308. The second-order valence-corrected chi connectivity index (χ2v) is 8.00. The van der Waals surface area contributed by atoms with Crippen LogP contribution in [0, 0.1) is 0 Å². The Morgan fingerprint density at radius 3 is 2.63 bits per heavy atom. The molecule has 0 saturated heterocycles. The molecule has 3 heterocycles. The smallest absolute Gasteiger partial charge is 0.339 e. The molecule has 1 aliphatic rings. The number of carbonyl (C=O) groups is 3. The Kier molecular flexibility index (Phi) is 9.33. The third-order valence-corrected chi connectivity index (χ3v) is 5.46. The Morgan fingerprint density at radius 1 is 1.16 bits per heavy atom. The molecule has 0 radical (unpaired) electrons. The minimum atomic E-state index is -1.15. The number of aliphatic hydroxyl groups excluding tert-OH is 1. The van der Waals surface area contributed by atoms with E-state index in [1.54, 1.807) is 18.2 Å². The molecule has 0 unspecified atom stereocenters. The fraction of sp³-hybridized carbons (Fsp3) is 0.160. The maximum atomic E-state index is 12.5. The van der Waals surface area contributed by atoms with Gasteiger partial charge in [-0.3, -0.25) is 9.59 Å². The zero-order valence-electron chi connectivity index (χ0n) is 19.9. The van der Waals surface area contributed by atoms with Crippen molar-refractivity contribution in [1.29, 1.82) is 0 Å². The molecule has 5 rings (SSSR count). The number of benzene rings is 2. The van der Waals surface area contributed by atoms with Crippen molar-refractivity contribution in [3.8, 4) is 5.75 Å². The van der Waals surface area contributed by atoms with Crippen LogP contribution in [0.15, 0.2) is 61.1 Å². The lowest BCUT2D eigenvalue weighted by Gasteiger charge is -2.18. The molecule has 2 aromatic heterocycles. The van der Waals surface area contributed by atoms with E-state index in [0.717, 1.165) is 17.5 Å². The highest BCUT2D eigenvalue weighted by molar-refractivity contribution is 6.08. The number of carboxylic acids is 1. The summed E-state index contributed by atoms with van der Waals surface area (Å²) in [6, 6.07) is 14.5. The van der Waals surface area contributed by atoms with Gasteiger partial charge in [-0.1, -0.05) is 36.4 Å². The van der Waals surface area contributed by atoms with Crippen LogP contribution in [0.5, 0.6) is 5.75 Å². The van der Waals surface area contributed by atoms with Crippen LogP contribution in [-0.4, -0.2) is 56.2 Å². The third kappa shape index (κ3) is 6.42. The highest BCUT2D eigenvalue weighted by atomic mass is 35.5. The summed E-state index contributed by atoms with van der Waals surface area (Å²) >= 11 is 0. The first kappa shape index (κ1) is 28.1. The number of carboxylic acid groups (broad SMARTS) is 1. The van der Waals surface area contributed by atoms with Gasteiger partial charge in [0, 0.05) is 12.7 Å². The number of H-pyrrole nitrogens is 1. The first-order valence-corrected chi connectivity index (χ1v) is 11.2. The van der Waals surface area contributed by atoms with Gasteiger partial charge in [0.25, 0.3) is 11.8 Å². The number of rotatable bonds is 6. The number of fused-ring (bicyclic) bond motifs is 2. The number of halogens is 1. The number of aromatic amines is 1. The predicted octanol–water partition coefficient (Wildman–Crippen LogP) is 2.02. The van der Waals surface area contributed by atoms with Crippen LogP contribution in [0.4, 0.5) is 5.69 Å². The molecule has 4 aromatic rings. The van der Waals surface area contributed by atoms with Crippen molar-refractivity contribution in [3.05, 3.63) is 83.4 Å². The topological polar surface area (TPSA) is 193 Å². The van der Waals surface area contributed by atoms with Gasteiger partial charge in [0.1, 0.15) is 23.2 Å². The summed E-state index contributed by atoms with van der Waals surface area (Å²) in [7, 11) is 0. The van der Waals surface area contributed by atoms with Crippen LogP contribution in [-0.2, 0) is 11.3 Å². The van der Waals surface area contributed by atoms with Crippen molar-refractivity contribution in [2.24, 2.45) is 5.73 Å². The zero-order valence-corrected chi connectivity index (χ0v) is 20.7. The minimum Gasteiger partial charge on any atom is -0.482 e. The van der Waals surface area contributed by atoms with Crippen LogP contribution < -0.4 is 21.1 Å². The normalized spacial score (nSPS) is 12.5. The summed E-state index contributed by atoms with van der Waals surface area (Å²) in [5, 5.41) is 23.2. The highest BCUT2D eigenvalue weighted by Gasteiger charge is 2.20. The number of amides is 2. The van der Waals surface area contributed by atoms with Gasteiger partial charge in [-0.2, -0.15) is 0 Å². The van der Waals surface area contributed by atoms with E-state index in [9.17, 15) is 14.4 Å². The molecule has 12 nitrogen and oxygen atoms in total. The Bertz CT molecular complexity index is 1450. The largest absolute Gasteiger partial charge is 0.482 e. The fourth-order valence-corrected chi connectivity index (χ4v) is 3.59. The van der Waals surface area contributed by atoms with E-state index in [4.69, 9.17) is 20.7 Å². The minimum absolute atomic E-state index is 0. The van der Waals surface area contributed by atoms with Crippen molar-refractivity contribution >= 4 is 46.9 Å². The van der Waals surface area contributed by atoms with Crippen molar-refractivity contribution in [2.75, 3.05) is 18.5 Å². The number of nitrogens with zero attached hydrogens (tertiary/aromatic N) is 2. The maximum absolute atomic E-state index is 12.5. The number of nitrogens with two attached hydrogens (primary N) is 1. The molecule has 13 heteroatoms. The van der Waals surface area contributed by atoms with Gasteiger partial charge in [0.05, 0.1) is 23.9 Å². The van der Waals surface area contributed by atoms with E-state index in [1.807, 2.05) is 30.3 Å². The molecule has 198 valence electrons. The van der Waals surface area contributed by atoms with Crippen LogP contribution in [0.3, 0.4) is 0 Å². The number of carbonyl (C=O) groups excluding carboxylic acids is 2. The molecule has 0 bridgehead atoms. The van der Waals surface area contributed by atoms with E-state index < -0.39 is 11.9 Å². The molecule has 38 heavy (non-hydrogen) atoms. The number of anilines is 1. The molecule has 0 aliphatic carbocycles. The number of aromatic carboxylic acids is 1. The number of aliphatic hydroxyl groups is 1. The molecular formula is C25H25ClN6O6. The van der Waals surface area contributed by atoms with E-state index in [2.05, 4.69) is 25.6 Å². The SMILES string of the molecule is Cl.N[C@H](CO)c1ccccc1.O=C1COc2ccc(CNC(=O)c3ncnc4c(C(=O)O)c[nH]c34)cc2N1. The average Bonchev–Trinajstić information content (AvgIpc) is 3.36. The quantitative estimate of drug-likeness (QED) is 0.212. The molecule has 1 aliphatic heterocycles. The average molecular weight is 541 g/mol. The second kappa shape index (κ2) is 12.6. The Morgan fingerprint density at radius 2 is 1.92 bits per heavy atom. The van der Waals surface area contributed by atoms with E-state index >= 15 is 0 Å². The summed E-state index contributed by atoms with van der Waals surface area (Å²) < 4.78 is 5.29. The molecule has 2 aromatic carbocycles. The van der Waals surface area contributed by atoms with Crippen molar-refractivity contribution in [3.63, 3.8) is 0 Å². The molecule has 1 atom stereocenters. The summed E-state index contributed by atoms with van der Waals surface area (Å²) in [4.78, 5) is 45.7. The lowest BCUT2D eigenvalue weighted by Crippen LogP contribution is -2.26. The lowest BCUT2D eigenvalue weighted by atomic mass is 10.1. The number of aromatic nitrogens is 3. The number of ether oxygens (including phenoxy) is 1. The Hall–Kier alpha value is -4.52. The maximum Gasteiger partial charge on any atom is 0.339 e. The predicted molar refractivity (Wildman–Crippen MR) is 140 cm³/mol. The van der Waals surface area contributed by atoms with Crippen molar-refractivity contribution in [1.82, 2.24) is 20.3 Å². The van der Waals surface area contributed by atoms with E-state index in [-0.39, 0.29) is 66.4 Å². The summed E-state index contributed by atoms with van der Waals surface area (Å²) in [6.07, 6.45) is 2.41. The van der Waals surface area contributed by atoms with Crippen LogP contribution in [0.2, 0.25) is 0 Å². The molecule has 0 spiro atoms. The molecule has 0 fully saturated rings. The van der Waals surface area contributed by atoms with Crippen LogP contribution in [0.1, 0.15) is 38.0 Å². The van der Waals surface area contributed by atoms with E-state index in [1.165, 1.54) is 6.20 Å². The standard InChI is InChI=1S/C17H13N5O5.C8H11NO.ClH/c23-12-6-27-11-2-1-8(3-10(11)22-12)4-19-16(24)15-14-13(20-7-21-15)9(5-18-14)17(25)26;9-8(6-10)7-4-2-1-3-5-7;/h1-3,5,7,18H,4,6H2,(H,19,24)(H,22,23)(H,25,26);1-5,8,10H,6,9H2;1H/t;8-;/m.1./s1. The molecule has 7 N–H and O–H groups in total. The van der Waals surface area contributed by atoms with Gasteiger partial charge in [-0.05, 0) is 23.3 Å². The molecular weight excluding hydrogens is 516 g/mol. The first-order valence-electron chi connectivity index (χ1n) is 11.2. The zero-order chi connectivity index (χ0) is 26.4. The first-order chi connectivity index (χ1) is 17.9. The fourth-order valence-electron chi connectivity index (χ4n) is 3.59. The lowest BCUT2D eigenvalue weighted by molar-refractivity contribution is -0.118. The van der Waals surface area contributed by atoms with Crippen molar-refractivity contribution < 1.29 is 29.3 Å². The van der Waals surface area contributed by atoms with Crippen LogP contribution in [0.25, 0.3) is 11.0 Å². The summed E-state index contributed by atoms with van der Waals surface area (Å²) in [5.74, 6) is -1.31. The van der Waals surface area contributed by atoms with Crippen molar-refractivity contribution in [2.45, 2.75) is 12.6 Å². The summed E-state index contributed by atoms with van der Waals surface area (Å²) in [6.45, 7) is 0.158. The monoisotopic (exact) mass is 540 g/mol. The summed E-state index contributed by atoms with van der Waals surface area (Å²) in [5.41, 5.74) is 8.23. The van der Waals surface area contributed by atoms with E-state index in [0.29, 0.717) is 11.4 Å². The number of nitrogens with one attached hydrogen (secondary N) is 3. The van der Waals surface area contributed by atoms with Gasteiger partial charge < -0.3 is 36.3 Å². The van der Waals surface area contributed by atoms with Gasteiger partial charge >= 0.3 is 5.97 Å². The molecule has 2 amide bonds. The number of hydrogen-bond donors (Lipinski definition) is 6. The van der Waals surface area contributed by atoms with Gasteiger partial charge in [0.15, 0.2) is 12.3 Å². The third-order valence-electron chi connectivity index (χ3n) is 5.46. The van der Waals surface area contributed by atoms with Gasteiger partial charge in [0.2, 0.25) is 0 Å². The second-order valence-electron chi connectivity index (χ2n) is 8.00. The van der Waals surface area contributed by atoms with Gasteiger partial charge in [-0.25, -0.2) is 14.8 Å². The Labute approximate surface area is 222 Å². The molecule has 0 saturated carbocycles. The van der Waals surface area contributed by atoms with Gasteiger partial charge in [-0.15, -0.1) is 12.4 Å². The number of hydrogen-bond acceptors (Lipinski definition) is 8. The highest BCUT2D eigenvalue weighted by Crippen LogP contribution is 2.28. The van der Waals surface area contributed by atoms with Crippen LogP contribution >= 0.6 is 12.4 Å².